The Balaban J connectivity index is 1.74. The fourth-order valence-electron chi connectivity index (χ4n) is 4.66. The minimum Gasteiger partial charge on any atom is -0.338 e. The highest BCUT2D eigenvalue weighted by Gasteiger charge is 2.35. The van der Waals surface area contributed by atoms with Crippen molar-refractivity contribution < 1.29 is 22.9 Å². The molecule has 1 fully saturated rings. The summed E-state index contributed by atoms with van der Waals surface area (Å²) in [5.74, 6) is -0.682. The number of nitrogens with zero attached hydrogens (tertiary/aromatic N) is 6. The topological polar surface area (TPSA) is 135 Å². The number of benzene rings is 2. The number of carbonyl (C=O) groups is 1. The monoisotopic (exact) mass is 638 g/mol. The van der Waals surface area contributed by atoms with Gasteiger partial charge in [0.15, 0.2) is 10.7 Å². The maximum Gasteiger partial charge on any atom is 0.418 e. The Labute approximate surface area is 255 Å². The first kappa shape index (κ1) is 30.6. The third-order valence-electron chi connectivity index (χ3n) is 6.68. The van der Waals surface area contributed by atoms with Crippen LogP contribution >= 0.6 is 23.1 Å². The Bertz CT molecular complexity index is 1960. The Morgan fingerprint density at radius 1 is 1.09 bits per heavy atom. The number of amides is 1. The second-order valence-electron chi connectivity index (χ2n) is 9.53. The summed E-state index contributed by atoms with van der Waals surface area (Å²) in [4.78, 5) is 48.3. The molecule has 0 atom stereocenters. The lowest BCUT2D eigenvalue weighted by molar-refractivity contribution is -0.387. The number of carbonyl (C=O) groups excluding carboxylic acids is 1. The van der Waals surface area contributed by atoms with E-state index in [1.165, 1.54) is 53.7 Å². The van der Waals surface area contributed by atoms with Gasteiger partial charge in [0.25, 0.3) is 17.2 Å². The number of rotatable bonds is 6. The first-order chi connectivity index (χ1) is 21.1. The van der Waals surface area contributed by atoms with Crippen LogP contribution in [0.25, 0.3) is 17.3 Å². The van der Waals surface area contributed by atoms with Crippen LogP contribution < -0.4 is 14.8 Å². The van der Waals surface area contributed by atoms with E-state index in [1.807, 2.05) is 6.07 Å². The smallest absolute Gasteiger partial charge is 0.338 e. The molecule has 3 heterocycles. The zero-order valence-electron chi connectivity index (χ0n) is 22.7. The summed E-state index contributed by atoms with van der Waals surface area (Å²) in [6.07, 6.45) is 1.73. The van der Waals surface area contributed by atoms with Gasteiger partial charge in [-0.05, 0) is 66.9 Å². The minimum atomic E-state index is -4.85. The number of hydrogen-bond donors (Lipinski definition) is 0. The molecule has 1 aliphatic heterocycles. The van der Waals surface area contributed by atoms with E-state index in [0.29, 0.717) is 37.3 Å². The molecular formula is C29H21F3N6O4S2. The normalized spacial score (nSPS) is 14.7. The van der Waals surface area contributed by atoms with Gasteiger partial charge < -0.3 is 4.90 Å². The summed E-state index contributed by atoms with van der Waals surface area (Å²) in [5.41, 5.74) is -3.16. The van der Waals surface area contributed by atoms with Gasteiger partial charge >= 0.3 is 6.18 Å². The van der Waals surface area contributed by atoms with Gasteiger partial charge in [0, 0.05) is 31.5 Å². The maximum absolute atomic E-state index is 14.1. The third kappa shape index (κ3) is 6.41. The molecule has 0 bridgehead atoms. The number of thiazole rings is 1. The highest BCUT2D eigenvalue weighted by molar-refractivity contribution is 7.99. The van der Waals surface area contributed by atoms with Gasteiger partial charge in [0.1, 0.15) is 10.7 Å². The van der Waals surface area contributed by atoms with Crippen LogP contribution in [0.4, 0.5) is 18.9 Å². The number of aromatic nitrogens is 3. The van der Waals surface area contributed by atoms with E-state index in [2.05, 4.69) is 9.97 Å². The van der Waals surface area contributed by atoms with Crippen molar-refractivity contribution in [2.24, 2.45) is 0 Å². The fourth-order valence-corrected chi connectivity index (χ4v) is 6.55. The van der Waals surface area contributed by atoms with Crippen LogP contribution in [0.3, 0.4) is 0 Å². The van der Waals surface area contributed by atoms with E-state index >= 15 is 0 Å². The highest BCUT2D eigenvalue weighted by atomic mass is 32.2. The second kappa shape index (κ2) is 12.8. The molecule has 0 radical (unpaired) electrons. The highest BCUT2D eigenvalue weighted by Crippen LogP contribution is 2.34. The summed E-state index contributed by atoms with van der Waals surface area (Å²) in [6.45, 7) is 0.750. The largest absolute Gasteiger partial charge is 0.418 e. The maximum atomic E-state index is 14.1. The molecule has 44 heavy (non-hydrogen) atoms. The van der Waals surface area contributed by atoms with Gasteiger partial charge in [-0.15, -0.1) is 11.3 Å². The van der Waals surface area contributed by atoms with E-state index in [1.54, 1.807) is 6.07 Å². The molecule has 0 unspecified atom stereocenters. The molecule has 2 aromatic heterocycles. The molecule has 1 saturated heterocycles. The molecule has 1 amide bonds. The van der Waals surface area contributed by atoms with Crippen molar-refractivity contribution in [3.8, 4) is 11.8 Å². The Kier molecular flexibility index (Phi) is 8.93. The lowest BCUT2D eigenvalue weighted by Crippen LogP contribution is -2.39. The van der Waals surface area contributed by atoms with Gasteiger partial charge in [0.05, 0.1) is 25.6 Å². The number of piperidine rings is 1. The number of likely N-dealkylation sites (tertiary alicyclic amines) is 1. The van der Waals surface area contributed by atoms with Crippen molar-refractivity contribution in [3.05, 3.63) is 102 Å². The zero-order chi connectivity index (χ0) is 31.4. The Morgan fingerprint density at radius 3 is 2.45 bits per heavy atom. The molecule has 5 rings (SSSR count). The van der Waals surface area contributed by atoms with Crippen LogP contribution in [-0.4, -0.2) is 43.4 Å². The SMILES string of the molecule is N#C/C(C(=O)N1CCCCC1)=c1/s/c(=C/c2ccc(Sc3ncccn3)c([N+](=O)[O-])c2)c(=O)n1-c1ccccc1C(F)(F)F. The van der Waals surface area contributed by atoms with Crippen LogP contribution in [0.2, 0.25) is 0 Å². The number of para-hydroxylation sites is 1. The standard InChI is InChI=1S/C29H21F3N6O4S2/c30-29(31,32)20-7-2-3-8-21(20)37-26(40)24(43-27(37)19(17-33)25(39)36-13-4-1-5-14-36)16-18-9-10-23(22(15-18)38(41)42)44-28-34-11-6-12-35-28/h2-3,6-12,15-16H,1,4-5,13-14H2/b24-16+,27-19-. The van der Waals surface area contributed by atoms with Gasteiger partial charge in [-0.3, -0.25) is 24.3 Å². The van der Waals surface area contributed by atoms with Crippen molar-refractivity contribution in [2.75, 3.05) is 13.1 Å². The van der Waals surface area contributed by atoms with Crippen LogP contribution in [0.1, 0.15) is 30.4 Å². The number of nitro benzene ring substituents is 1. The molecule has 10 nitrogen and oxygen atoms in total. The van der Waals surface area contributed by atoms with E-state index in [-0.39, 0.29) is 30.5 Å². The molecule has 15 heteroatoms. The average Bonchev–Trinajstić information content (AvgIpc) is 3.33. The average molecular weight is 639 g/mol. The van der Waals surface area contributed by atoms with Crippen LogP contribution in [-0.2, 0) is 11.0 Å². The zero-order valence-corrected chi connectivity index (χ0v) is 24.3. The van der Waals surface area contributed by atoms with Crippen LogP contribution in [0.5, 0.6) is 0 Å². The number of halogens is 3. The van der Waals surface area contributed by atoms with E-state index in [9.17, 15) is 38.1 Å². The van der Waals surface area contributed by atoms with Crippen LogP contribution in [0.15, 0.2) is 75.8 Å². The minimum absolute atomic E-state index is 0.128. The molecule has 0 aliphatic carbocycles. The van der Waals surface area contributed by atoms with Crippen molar-refractivity contribution >= 4 is 46.3 Å². The predicted octanol–water partition coefficient (Wildman–Crippen LogP) is 4.28. The summed E-state index contributed by atoms with van der Waals surface area (Å²) < 4.78 is 42.5. The van der Waals surface area contributed by atoms with E-state index < -0.39 is 39.4 Å². The molecule has 0 saturated carbocycles. The predicted molar refractivity (Wildman–Crippen MR) is 156 cm³/mol. The molecule has 0 N–H and O–H groups in total. The quantitative estimate of drug-likeness (QED) is 0.174. The lowest BCUT2D eigenvalue weighted by atomic mass is 10.1. The lowest BCUT2D eigenvalue weighted by Gasteiger charge is -2.26. The number of alkyl halides is 3. The second-order valence-corrected chi connectivity index (χ2v) is 11.6. The molecule has 4 aromatic rings. The summed E-state index contributed by atoms with van der Waals surface area (Å²) >= 11 is 1.63. The van der Waals surface area contributed by atoms with Crippen molar-refractivity contribution in [1.82, 2.24) is 19.4 Å². The third-order valence-corrected chi connectivity index (χ3v) is 8.73. The first-order valence-electron chi connectivity index (χ1n) is 13.2. The van der Waals surface area contributed by atoms with Crippen molar-refractivity contribution in [1.29, 1.82) is 5.26 Å². The molecule has 1 aliphatic rings. The van der Waals surface area contributed by atoms with Gasteiger partial charge in [-0.25, -0.2) is 9.97 Å². The molecular weight excluding hydrogens is 617 g/mol. The van der Waals surface area contributed by atoms with E-state index in [0.717, 1.165) is 34.9 Å². The van der Waals surface area contributed by atoms with Gasteiger partial charge in [-0.1, -0.05) is 18.2 Å². The van der Waals surface area contributed by atoms with E-state index in [4.69, 9.17) is 0 Å². The van der Waals surface area contributed by atoms with Gasteiger partial charge in [-0.2, -0.15) is 18.4 Å². The number of nitro groups is 1. The Hall–Kier alpha value is -4.81. The summed E-state index contributed by atoms with van der Waals surface area (Å²) in [6, 6.07) is 12.0. The molecule has 2 aromatic carbocycles. The van der Waals surface area contributed by atoms with Crippen molar-refractivity contribution in [2.45, 2.75) is 35.5 Å². The number of nitriles is 1. The van der Waals surface area contributed by atoms with Crippen molar-refractivity contribution in [3.63, 3.8) is 0 Å². The molecule has 224 valence electrons. The summed E-state index contributed by atoms with van der Waals surface area (Å²) in [5, 5.41) is 22.2. The number of hydrogen-bond acceptors (Lipinski definition) is 9. The summed E-state index contributed by atoms with van der Waals surface area (Å²) in [7, 11) is 0. The Morgan fingerprint density at radius 2 is 1.80 bits per heavy atom. The van der Waals surface area contributed by atoms with Crippen LogP contribution in [0, 0.1) is 21.4 Å². The van der Waals surface area contributed by atoms with Gasteiger partial charge in [0.2, 0.25) is 0 Å². The fraction of sp³-hybridized carbons (Fsp3) is 0.207. The molecule has 0 spiro atoms. The first-order valence-corrected chi connectivity index (χ1v) is 14.8.